The molecule has 1 N–H and O–H groups in total. The third-order valence-corrected chi connectivity index (χ3v) is 2.45. The number of hydrogen-bond acceptors (Lipinski definition) is 2. The van der Waals surface area contributed by atoms with Gasteiger partial charge in [-0.05, 0) is 31.0 Å². The predicted octanol–water partition coefficient (Wildman–Crippen LogP) is 2.49. The molecule has 1 aliphatic rings. The van der Waals surface area contributed by atoms with Gasteiger partial charge in [-0.15, -0.1) is 0 Å². The van der Waals surface area contributed by atoms with Gasteiger partial charge in [0.2, 0.25) is 0 Å². The zero-order valence-corrected chi connectivity index (χ0v) is 8.33. The van der Waals surface area contributed by atoms with E-state index in [4.69, 9.17) is 4.74 Å². The van der Waals surface area contributed by atoms with Crippen LogP contribution in [0.5, 0.6) is 0 Å². The van der Waals surface area contributed by atoms with Crippen molar-refractivity contribution >= 4 is 11.8 Å². The summed E-state index contributed by atoms with van der Waals surface area (Å²) in [6, 6.07) is 5.88. The molecule has 2 rings (SSSR count). The lowest BCUT2D eigenvalue weighted by Crippen LogP contribution is -2.17. The molecule has 1 aliphatic heterocycles. The molecule has 1 unspecified atom stereocenters. The first-order valence-corrected chi connectivity index (χ1v) is 4.73. The van der Waals surface area contributed by atoms with Crippen LogP contribution in [0, 0.1) is 6.92 Å². The van der Waals surface area contributed by atoms with Crippen molar-refractivity contribution in [3.05, 3.63) is 29.3 Å². The van der Waals surface area contributed by atoms with Gasteiger partial charge in [0.05, 0.1) is 0 Å². The zero-order chi connectivity index (χ0) is 10.1. The van der Waals surface area contributed by atoms with E-state index in [0.717, 1.165) is 12.1 Å². The number of fused-ring (bicyclic) bond motifs is 1. The van der Waals surface area contributed by atoms with Gasteiger partial charge in [0.15, 0.2) is 0 Å². The third kappa shape index (κ3) is 1.58. The highest BCUT2D eigenvalue weighted by Crippen LogP contribution is 2.24. The van der Waals surface area contributed by atoms with E-state index in [0.29, 0.717) is 0 Å². The maximum Gasteiger partial charge on any atom is 0.411 e. The van der Waals surface area contributed by atoms with Crippen molar-refractivity contribution in [3.63, 3.8) is 0 Å². The molecule has 14 heavy (non-hydrogen) atoms. The lowest BCUT2D eigenvalue weighted by Gasteiger charge is -2.09. The Labute approximate surface area is 83.1 Å². The van der Waals surface area contributed by atoms with Crippen molar-refractivity contribution in [2.24, 2.45) is 0 Å². The lowest BCUT2D eigenvalue weighted by atomic mass is 10.0. The topological polar surface area (TPSA) is 38.3 Å². The summed E-state index contributed by atoms with van der Waals surface area (Å²) in [5.74, 6) is 0. The van der Waals surface area contributed by atoms with Gasteiger partial charge in [-0.2, -0.15) is 0 Å². The number of ether oxygens (including phenoxy) is 1. The molecule has 3 nitrogen and oxygen atoms in total. The average Bonchev–Trinajstić information content (AvgIpc) is 2.23. The van der Waals surface area contributed by atoms with Crippen molar-refractivity contribution in [3.8, 4) is 0 Å². The molecule has 1 amide bonds. The second-order valence-corrected chi connectivity index (χ2v) is 3.65. The minimum Gasteiger partial charge on any atom is -0.446 e. The second kappa shape index (κ2) is 3.33. The standard InChI is InChI=1S/C11H13NO2/c1-7-4-3-5-10-9(7)6-8(2)14-11(13)12-10/h3-5,8H,6H2,1-2H3,(H,12,13). The molecule has 0 aliphatic carbocycles. The largest absolute Gasteiger partial charge is 0.446 e. The van der Waals surface area contributed by atoms with E-state index in [9.17, 15) is 4.79 Å². The summed E-state index contributed by atoms with van der Waals surface area (Å²) >= 11 is 0. The minimum absolute atomic E-state index is 0.0580. The highest BCUT2D eigenvalue weighted by molar-refractivity contribution is 5.86. The van der Waals surface area contributed by atoms with Crippen LogP contribution in [0.15, 0.2) is 18.2 Å². The molecule has 0 aromatic heterocycles. The molecule has 0 fully saturated rings. The Balaban J connectivity index is 2.46. The first-order valence-electron chi connectivity index (χ1n) is 4.73. The molecular weight excluding hydrogens is 178 g/mol. The van der Waals surface area contributed by atoms with Crippen LogP contribution in [0.4, 0.5) is 10.5 Å². The van der Waals surface area contributed by atoms with Crippen LogP contribution in [0.2, 0.25) is 0 Å². The third-order valence-electron chi connectivity index (χ3n) is 2.45. The summed E-state index contributed by atoms with van der Waals surface area (Å²) in [6.07, 6.45) is 0.361. The number of nitrogens with one attached hydrogen (secondary N) is 1. The summed E-state index contributed by atoms with van der Waals surface area (Å²) in [5.41, 5.74) is 3.24. The highest BCUT2D eigenvalue weighted by atomic mass is 16.6. The van der Waals surface area contributed by atoms with Crippen LogP contribution >= 0.6 is 0 Å². The van der Waals surface area contributed by atoms with E-state index in [-0.39, 0.29) is 12.2 Å². The van der Waals surface area contributed by atoms with Crippen LogP contribution in [-0.2, 0) is 11.2 Å². The summed E-state index contributed by atoms with van der Waals surface area (Å²) < 4.78 is 5.10. The first-order chi connectivity index (χ1) is 6.66. The van der Waals surface area contributed by atoms with E-state index in [1.807, 2.05) is 32.0 Å². The molecule has 0 saturated heterocycles. The molecule has 1 atom stereocenters. The van der Waals surface area contributed by atoms with Crippen molar-refractivity contribution in [2.75, 3.05) is 5.32 Å². The second-order valence-electron chi connectivity index (χ2n) is 3.65. The van der Waals surface area contributed by atoms with Gasteiger partial charge in [0.25, 0.3) is 0 Å². The quantitative estimate of drug-likeness (QED) is 0.684. The lowest BCUT2D eigenvalue weighted by molar-refractivity contribution is 0.123. The van der Waals surface area contributed by atoms with E-state index < -0.39 is 0 Å². The van der Waals surface area contributed by atoms with E-state index in [2.05, 4.69) is 5.32 Å². The number of benzene rings is 1. The van der Waals surface area contributed by atoms with Crippen LogP contribution in [0.3, 0.4) is 0 Å². The molecule has 0 radical (unpaired) electrons. The minimum atomic E-state index is -0.359. The van der Waals surface area contributed by atoms with Gasteiger partial charge in [0, 0.05) is 12.1 Å². The number of carbonyl (C=O) groups is 1. The summed E-state index contributed by atoms with van der Waals surface area (Å²) in [6.45, 7) is 3.95. The van der Waals surface area contributed by atoms with E-state index in [1.165, 1.54) is 11.1 Å². The van der Waals surface area contributed by atoms with E-state index in [1.54, 1.807) is 0 Å². The fraction of sp³-hybridized carbons (Fsp3) is 0.364. The smallest absolute Gasteiger partial charge is 0.411 e. The van der Waals surface area contributed by atoms with Crippen LogP contribution in [-0.4, -0.2) is 12.2 Å². The maximum absolute atomic E-state index is 11.2. The Kier molecular flexibility index (Phi) is 2.15. The zero-order valence-electron chi connectivity index (χ0n) is 8.33. The van der Waals surface area contributed by atoms with Gasteiger partial charge >= 0.3 is 6.09 Å². The fourth-order valence-corrected chi connectivity index (χ4v) is 1.74. The van der Waals surface area contributed by atoms with Crippen LogP contribution < -0.4 is 5.32 Å². The number of hydrogen-bond donors (Lipinski definition) is 1. The molecular formula is C11H13NO2. The molecule has 0 spiro atoms. The van der Waals surface area contributed by atoms with Gasteiger partial charge < -0.3 is 4.74 Å². The summed E-state index contributed by atoms with van der Waals surface area (Å²) in [5, 5.41) is 2.73. The number of amides is 1. The fourth-order valence-electron chi connectivity index (χ4n) is 1.74. The summed E-state index contributed by atoms with van der Waals surface area (Å²) in [4.78, 5) is 11.2. The maximum atomic E-state index is 11.2. The number of aryl methyl sites for hydroxylation is 1. The summed E-state index contributed by atoms with van der Waals surface area (Å²) in [7, 11) is 0. The predicted molar refractivity (Wildman–Crippen MR) is 54.4 cm³/mol. The Morgan fingerprint density at radius 1 is 1.50 bits per heavy atom. The molecule has 1 aromatic rings. The van der Waals surface area contributed by atoms with Gasteiger partial charge in [-0.25, -0.2) is 4.79 Å². The van der Waals surface area contributed by atoms with Crippen molar-refractivity contribution in [1.82, 2.24) is 0 Å². The monoisotopic (exact) mass is 191 g/mol. The average molecular weight is 191 g/mol. The van der Waals surface area contributed by atoms with Gasteiger partial charge in [-0.1, -0.05) is 12.1 Å². The number of rotatable bonds is 0. The SMILES string of the molecule is Cc1cccc2c1CC(C)OC(=O)N2. The van der Waals surface area contributed by atoms with Gasteiger partial charge in [0.1, 0.15) is 6.10 Å². The van der Waals surface area contributed by atoms with Crippen LogP contribution in [0.25, 0.3) is 0 Å². The first kappa shape index (κ1) is 9.06. The Morgan fingerprint density at radius 2 is 2.29 bits per heavy atom. The van der Waals surface area contributed by atoms with Crippen molar-refractivity contribution in [1.29, 1.82) is 0 Å². The number of anilines is 1. The number of cyclic esters (lactones) is 1. The normalized spacial score (nSPS) is 20.4. The Bertz CT molecular complexity index is 374. The van der Waals surface area contributed by atoms with Crippen molar-refractivity contribution < 1.29 is 9.53 Å². The molecule has 1 heterocycles. The molecule has 1 aromatic carbocycles. The number of carbonyl (C=O) groups excluding carboxylic acids is 1. The van der Waals surface area contributed by atoms with Crippen LogP contribution in [0.1, 0.15) is 18.1 Å². The Morgan fingerprint density at radius 3 is 3.07 bits per heavy atom. The van der Waals surface area contributed by atoms with Gasteiger partial charge in [-0.3, -0.25) is 5.32 Å². The molecule has 0 saturated carbocycles. The van der Waals surface area contributed by atoms with Crippen molar-refractivity contribution in [2.45, 2.75) is 26.4 Å². The molecule has 3 heteroatoms. The van der Waals surface area contributed by atoms with E-state index >= 15 is 0 Å². The molecule has 0 bridgehead atoms. The highest BCUT2D eigenvalue weighted by Gasteiger charge is 2.19. The molecule has 74 valence electrons. The Hall–Kier alpha value is -1.51.